The van der Waals surface area contributed by atoms with Gasteiger partial charge in [-0.2, -0.15) is 0 Å². The third kappa shape index (κ3) is 3.23. The van der Waals surface area contributed by atoms with Crippen molar-refractivity contribution in [3.05, 3.63) is 54.4 Å². The number of anilines is 2. The molecule has 0 atom stereocenters. The molecule has 0 amide bonds. The molecule has 23 heavy (non-hydrogen) atoms. The monoisotopic (exact) mass is 315 g/mol. The van der Waals surface area contributed by atoms with Crippen molar-refractivity contribution >= 4 is 28.4 Å². The number of hydrogen-bond donors (Lipinski definition) is 1. The lowest BCUT2D eigenvalue weighted by atomic mass is 10.2. The Morgan fingerprint density at radius 1 is 1.09 bits per heavy atom. The van der Waals surface area contributed by atoms with Crippen LogP contribution in [0, 0.1) is 11.6 Å². The summed E-state index contributed by atoms with van der Waals surface area (Å²) in [6, 6.07) is 8.32. The van der Waals surface area contributed by atoms with E-state index in [2.05, 4.69) is 15.3 Å². The lowest BCUT2D eigenvalue weighted by molar-refractivity contribution is -0.131. The Bertz CT molecular complexity index is 900. The zero-order chi connectivity index (χ0) is 16.4. The molecule has 116 valence electrons. The maximum Gasteiger partial charge on any atom is 0.308 e. The average molecular weight is 315 g/mol. The number of nitrogens with zero attached hydrogens (tertiary/aromatic N) is 2. The fourth-order valence-electron chi connectivity index (χ4n) is 2.08. The van der Waals surface area contributed by atoms with Gasteiger partial charge in [0.25, 0.3) is 0 Å². The second-order valence-electron chi connectivity index (χ2n) is 4.75. The molecular formula is C16H11F2N3O2. The third-order valence-electron chi connectivity index (χ3n) is 3.05. The number of esters is 1. The average Bonchev–Trinajstić information content (AvgIpc) is 2.51. The second-order valence-corrected chi connectivity index (χ2v) is 4.75. The minimum atomic E-state index is -0.964. The van der Waals surface area contributed by atoms with Crippen molar-refractivity contribution in [3.8, 4) is 5.75 Å². The van der Waals surface area contributed by atoms with Gasteiger partial charge >= 0.3 is 5.97 Å². The molecule has 0 radical (unpaired) electrons. The van der Waals surface area contributed by atoms with Crippen LogP contribution in [0.25, 0.3) is 10.9 Å². The summed E-state index contributed by atoms with van der Waals surface area (Å²) in [6.45, 7) is 1.30. The third-order valence-corrected chi connectivity index (χ3v) is 3.05. The minimum Gasteiger partial charge on any atom is -0.427 e. The number of fused-ring (bicyclic) bond motifs is 1. The number of nitrogens with one attached hydrogen (secondary N) is 1. The zero-order valence-electron chi connectivity index (χ0n) is 12.0. The molecule has 1 heterocycles. The van der Waals surface area contributed by atoms with Crippen LogP contribution in [-0.4, -0.2) is 15.9 Å². The van der Waals surface area contributed by atoms with Crippen molar-refractivity contribution in [1.82, 2.24) is 9.97 Å². The van der Waals surface area contributed by atoms with E-state index in [9.17, 15) is 13.6 Å². The number of halogens is 2. The maximum absolute atomic E-state index is 13.3. The van der Waals surface area contributed by atoms with E-state index in [4.69, 9.17) is 4.74 Å². The van der Waals surface area contributed by atoms with Crippen molar-refractivity contribution < 1.29 is 18.3 Å². The highest BCUT2D eigenvalue weighted by atomic mass is 19.2. The summed E-state index contributed by atoms with van der Waals surface area (Å²) in [5.74, 6) is -1.62. The van der Waals surface area contributed by atoms with E-state index >= 15 is 0 Å². The van der Waals surface area contributed by atoms with Gasteiger partial charge in [-0.25, -0.2) is 18.7 Å². The summed E-state index contributed by atoms with van der Waals surface area (Å²) >= 11 is 0. The molecule has 1 N–H and O–H groups in total. The van der Waals surface area contributed by atoms with Crippen molar-refractivity contribution in [2.24, 2.45) is 0 Å². The Hall–Kier alpha value is -3.09. The van der Waals surface area contributed by atoms with Gasteiger partial charge in [0.05, 0.1) is 5.52 Å². The normalized spacial score (nSPS) is 10.6. The molecule has 0 bridgehead atoms. The quantitative estimate of drug-likeness (QED) is 0.591. The van der Waals surface area contributed by atoms with Gasteiger partial charge < -0.3 is 10.1 Å². The largest absolute Gasteiger partial charge is 0.427 e. The van der Waals surface area contributed by atoms with Crippen molar-refractivity contribution in [2.75, 3.05) is 5.32 Å². The Labute approximate surface area is 129 Å². The molecule has 0 unspecified atom stereocenters. The molecule has 0 saturated carbocycles. The first-order chi connectivity index (χ1) is 11.0. The first kappa shape index (κ1) is 14.8. The van der Waals surface area contributed by atoms with Gasteiger partial charge in [0.2, 0.25) is 0 Å². The van der Waals surface area contributed by atoms with Gasteiger partial charge in [-0.15, -0.1) is 0 Å². The van der Waals surface area contributed by atoms with E-state index < -0.39 is 17.6 Å². The number of rotatable bonds is 3. The van der Waals surface area contributed by atoms with Gasteiger partial charge in [-0.1, -0.05) is 0 Å². The van der Waals surface area contributed by atoms with Crippen molar-refractivity contribution in [2.45, 2.75) is 6.92 Å². The van der Waals surface area contributed by atoms with E-state index in [0.29, 0.717) is 28.2 Å². The highest BCUT2D eigenvalue weighted by Crippen LogP contribution is 2.27. The molecule has 2 aromatic carbocycles. The molecule has 7 heteroatoms. The summed E-state index contributed by atoms with van der Waals surface area (Å²) in [5, 5.41) is 3.48. The predicted octanol–water partition coefficient (Wildman–Crippen LogP) is 3.58. The fourth-order valence-corrected chi connectivity index (χ4v) is 2.08. The number of aromatic nitrogens is 2. The smallest absolute Gasteiger partial charge is 0.308 e. The van der Waals surface area contributed by atoms with E-state index in [1.54, 1.807) is 18.2 Å². The SMILES string of the molecule is CC(=O)Oc1ccc2ncnc(Nc3ccc(F)c(F)c3)c2c1. The molecule has 5 nitrogen and oxygen atoms in total. The Kier molecular flexibility index (Phi) is 3.84. The first-order valence-electron chi connectivity index (χ1n) is 6.68. The highest BCUT2D eigenvalue weighted by molar-refractivity contribution is 5.92. The van der Waals surface area contributed by atoms with Crippen LogP contribution < -0.4 is 10.1 Å². The van der Waals surface area contributed by atoms with Crippen LogP contribution in [0.2, 0.25) is 0 Å². The number of benzene rings is 2. The topological polar surface area (TPSA) is 64.1 Å². The van der Waals surface area contributed by atoms with E-state index in [1.165, 1.54) is 19.3 Å². The van der Waals surface area contributed by atoms with Crippen molar-refractivity contribution in [1.29, 1.82) is 0 Å². The van der Waals surface area contributed by atoms with Gasteiger partial charge in [0.1, 0.15) is 17.9 Å². The standard InChI is InChI=1S/C16H11F2N3O2/c1-9(22)23-11-3-5-15-12(7-11)16(20-8-19-15)21-10-2-4-13(17)14(18)6-10/h2-8H,1H3,(H,19,20,21). The van der Waals surface area contributed by atoms with Crippen LogP contribution in [0.15, 0.2) is 42.7 Å². The lowest BCUT2D eigenvalue weighted by Gasteiger charge is -2.09. The van der Waals surface area contributed by atoms with E-state index in [1.807, 2.05) is 0 Å². The zero-order valence-corrected chi connectivity index (χ0v) is 12.0. The summed E-state index contributed by atoms with van der Waals surface area (Å²) < 4.78 is 31.3. The number of hydrogen-bond acceptors (Lipinski definition) is 5. The second kappa shape index (κ2) is 5.96. The maximum atomic E-state index is 13.3. The first-order valence-corrected chi connectivity index (χ1v) is 6.68. The summed E-state index contributed by atoms with van der Waals surface area (Å²) in [4.78, 5) is 19.3. The molecule has 0 spiro atoms. The number of ether oxygens (including phenoxy) is 1. The van der Waals surface area contributed by atoms with E-state index in [-0.39, 0.29) is 0 Å². The molecule has 0 fully saturated rings. The van der Waals surface area contributed by atoms with Gasteiger partial charge in [-0.3, -0.25) is 4.79 Å². The van der Waals surface area contributed by atoms with Crippen LogP contribution in [0.3, 0.4) is 0 Å². The van der Waals surface area contributed by atoms with Crippen LogP contribution >= 0.6 is 0 Å². The van der Waals surface area contributed by atoms with Crippen LogP contribution in [0.4, 0.5) is 20.3 Å². The molecule has 1 aromatic heterocycles. The predicted molar refractivity (Wildman–Crippen MR) is 80.5 cm³/mol. The molecule has 0 aliphatic rings. The van der Waals surface area contributed by atoms with Crippen LogP contribution in [-0.2, 0) is 4.79 Å². The van der Waals surface area contributed by atoms with Crippen molar-refractivity contribution in [3.63, 3.8) is 0 Å². The molecule has 0 aliphatic carbocycles. The minimum absolute atomic E-state index is 0.335. The Balaban J connectivity index is 2.01. The van der Waals surface area contributed by atoms with Gasteiger partial charge in [0.15, 0.2) is 11.6 Å². The molecule has 3 rings (SSSR count). The lowest BCUT2D eigenvalue weighted by Crippen LogP contribution is -2.02. The van der Waals surface area contributed by atoms with Gasteiger partial charge in [-0.05, 0) is 30.3 Å². The number of carbonyl (C=O) groups excluding carboxylic acids is 1. The molecule has 0 saturated heterocycles. The highest BCUT2D eigenvalue weighted by Gasteiger charge is 2.09. The van der Waals surface area contributed by atoms with E-state index in [0.717, 1.165) is 12.1 Å². The van der Waals surface area contributed by atoms with Crippen LogP contribution in [0.5, 0.6) is 5.75 Å². The number of carbonyl (C=O) groups is 1. The Morgan fingerprint density at radius 2 is 1.91 bits per heavy atom. The summed E-state index contributed by atoms with van der Waals surface area (Å²) in [7, 11) is 0. The molecule has 3 aromatic rings. The molecule has 0 aliphatic heterocycles. The van der Waals surface area contributed by atoms with Gasteiger partial charge in [0, 0.05) is 24.1 Å². The fraction of sp³-hybridized carbons (Fsp3) is 0.0625. The van der Waals surface area contributed by atoms with Crippen LogP contribution in [0.1, 0.15) is 6.92 Å². The summed E-state index contributed by atoms with van der Waals surface area (Å²) in [5.41, 5.74) is 0.947. The Morgan fingerprint density at radius 3 is 2.65 bits per heavy atom. The summed E-state index contributed by atoms with van der Waals surface area (Å²) in [6.07, 6.45) is 1.34. The molecular weight excluding hydrogens is 304 g/mol.